The first-order valence-corrected chi connectivity index (χ1v) is 15.1. The van der Waals surface area contributed by atoms with Gasteiger partial charge in [0.1, 0.15) is 10.8 Å². The Labute approximate surface area is 219 Å². The minimum atomic E-state index is 0.673. The molecule has 0 bridgehead atoms. The van der Waals surface area contributed by atoms with Crippen LogP contribution in [0.3, 0.4) is 0 Å². The van der Waals surface area contributed by atoms with E-state index in [2.05, 4.69) is 57.2 Å². The van der Waals surface area contributed by atoms with E-state index in [1.807, 2.05) is 18.7 Å². The zero-order chi connectivity index (χ0) is 24.6. The van der Waals surface area contributed by atoms with Crippen molar-refractivity contribution in [3.63, 3.8) is 0 Å². The van der Waals surface area contributed by atoms with Gasteiger partial charge in [-0.25, -0.2) is 4.98 Å². The van der Waals surface area contributed by atoms with E-state index in [-0.39, 0.29) is 0 Å². The zero-order valence-corrected chi connectivity index (χ0v) is 23.3. The highest BCUT2D eigenvalue weighted by atomic mass is 32.2. The Morgan fingerprint density at radius 2 is 1.97 bits per heavy atom. The van der Waals surface area contributed by atoms with Crippen LogP contribution in [0.4, 0.5) is 0 Å². The van der Waals surface area contributed by atoms with Gasteiger partial charge in [0.15, 0.2) is 5.06 Å². The van der Waals surface area contributed by atoms with Crippen molar-refractivity contribution < 1.29 is 9.47 Å². The Morgan fingerprint density at radius 3 is 2.77 bits per heavy atom. The van der Waals surface area contributed by atoms with E-state index in [9.17, 15) is 0 Å². The maximum Gasteiger partial charge on any atom is 0.197 e. The van der Waals surface area contributed by atoms with Crippen LogP contribution in [0.2, 0.25) is 0 Å². The quantitative estimate of drug-likeness (QED) is 0.180. The highest BCUT2D eigenvalue weighted by Crippen LogP contribution is 2.37. The van der Waals surface area contributed by atoms with Crippen molar-refractivity contribution in [3.8, 4) is 21.4 Å². The molecule has 1 atom stereocenters. The number of thioether (sulfide) groups is 1. The van der Waals surface area contributed by atoms with Crippen LogP contribution in [0.15, 0.2) is 41.3 Å². The number of ether oxygens (including phenoxy) is 2. The van der Waals surface area contributed by atoms with Crippen molar-refractivity contribution in [2.45, 2.75) is 83.5 Å². The monoisotopic (exact) mass is 509 g/mol. The third-order valence-electron chi connectivity index (χ3n) is 6.64. The number of fused-ring (bicyclic) bond motifs is 1. The van der Waals surface area contributed by atoms with Crippen LogP contribution >= 0.6 is 23.1 Å². The summed E-state index contributed by atoms with van der Waals surface area (Å²) in [6.45, 7) is 10.2. The Morgan fingerprint density at radius 1 is 1.09 bits per heavy atom. The molecule has 0 amide bonds. The number of benzene rings is 2. The molecule has 3 nitrogen and oxygen atoms in total. The SMILES string of the molecule is CCCc1cc(-c2nc(CC)c(OCC)s2)ccc1OCCCSc1ccc2c(c1)CCCC2C. The van der Waals surface area contributed by atoms with E-state index in [4.69, 9.17) is 14.5 Å². The minimum Gasteiger partial charge on any atom is -0.493 e. The van der Waals surface area contributed by atoms with E-state index in [0.29, 0.717) is 12.5 Å². The van der Waals surface area contributed by atoms with Crippen LogP contribution in [0, 0.1) is 0 Å². The summed E-state index contributed by atoms with van der Waals surface area (Å²) in [4.78, 5) is 6.24. The van der Waals surface area contributed by atoms with Gasteiger partial charge in [0.2, 0.25) is 0 Å². The van der Waals surface area contributed by atoms with Crippen molar-refractivity contribution in [1.29, 1.82) is 0 Å². The average molecular weight is 510 g/mol. The summed E-state index contributed by atoms with van der Waals surface area (Å²) >= 11 is 3.60. The third kappa shape index (κ3) is 6.62. The second-order valence-corrected chi connectivity index (χ2v) is 11.4. The first-order chi connectivity index (χ1) is 17.1. The Balaban J connectivity index is 1.34. The Kier molecular flexibility index (Phi) is 9.56. The number of rotatable bonds is 12. The summed E-state index contributed by atoms with van der Waals surface area (Å²) in [6.07, 6.45) is 7.92. The molecule has 0 N–H and O–H groups in total. The molecular formula is C30H39NO2S2. The maximum atomic E-state index is 6.26. The van der Waals surface area contributed by atoms with E-state index in [1.165, 1.54) is 29.7 Å². The highest BCUT2D eigenvalue weighted by molar-refractivity contribution is 7.99. The van der Waals surface area contributed by atoms with Gasteiger partial charge in [0.05, 0.1) is 18.9 Å². The number of thiazole rings is 1. The van der Waals surface area contributed by atoms with Gasteiger partial charge in [0.25, 0.3) is 0 Å². The smallest absolute Gasteiger partial charge is 0.197 e. The number of nitrogens with zero attached hydrogens (tertiary/aromatic N) is 1. The van der Waals surface area contributed by atoms with E-state index >= 15 is 0 Å². The first-order valence-electron chi connectivity index (χ1n) is 13.3. The molecule has 1 unspecified atom stereocenters. The number of hydrogen-bond acceptors (Lipinski definition) is 5. The Hall–Kier alpha value is -1.98. The van der Waals surface area contributed by atoms with Gasteiger partial charge in [0, 0.05) is 16.2 Å². The molecule has 188 valence electrons. The largest absolute Gasteiger partial charge is 0.493 e. The number of hydrogen-bond donors (Lipinski definition) is 0. The van der Waals surface area contributed by atoms with Crippen LogP contribution in [-0.2, 0) is 19.3 Å². The van der Waals surface area contributed by atoms with E-state index < -0.39 is 0 Å². The van der Waals surface area contributed by atoms with Crippen LogP contribution in [0.1, 0.15) is 81.7 Å². The first kappa shape index (κ1) is 26.1. The summed E-state index contributed by atoms with van der Waals surface area (Å²) in [5.41, 5.74) is 6.61. The lowest BCUT2D eigenvalue weighted by molar-refractivity contribution is 0.315. The summed E-state index contributed by atoms with van der Waals surface area (Å²) in [5, 5.41) is 1.98. The maximum absolute atomic E-state index is 6.26. The topological polar surface area (TPSA) is 31.4 Å². The van der Waals surface area contributed by atoms with Gasteiger partial charge in [-0.15, -0.1) is 11.8 Å². The fraction of sp³-hybridized carbons (Fsp3) is 0.500. The predicted octanol–water partition coefficient (Wildman–Crippen LogP) is 8.72. The lowest BCUT2D eigenvalue weighted by Gasteiger charge is -2.22. The third-order valence-corrected chi connectivity index (χ3v) is 8.78. The molecular weight excluding hydrogens is 470 g/mol. The molecule has 1 heterocycles. The standard InChI is InChI=1S/C30H39NO2S2/c1-5-10-23-19-24(29-31-27(6-2)30(35-29)32-7-3)13-16-28(23)33-17-9-18-34-25-14-15-26-21(4)11-8-12-22(26)20-25/h13-16,19-21H,5-12,17-18H2,1-4H3. The van der Waals surface area contributed by atoms with Gasteiger partial charge in [-0.2, -0.15) is 0 Å². The van der Waals surface area contributed by atoms with Crippen LogP contribution in [0.25, 0.3) is 10.6 Å². The summed E-state index contributed by atoms with van der Waals surface area (Å²) < 4.78 is 12.1. The fourth-order valence-corrected chi connectivity index (χ4v) is 6.75. The summed E-state index contributed by atoms with van der Waals surface area (Å²) in [5.74, 6) is 2.81. The van der Waals surface area contributed by atoms with Gasteiger partial charge < -0.3 is 9.47 Å². The van der Waals surface area contributed by atoms with Crippen molar-refractivity contribution in [2.24, 2.45) is 0 Å². The van der Waals surface area contributed by atoms with E-state index in [1.54, 1.807) is 22.5 Å². The average Bonchev–Trinajstić information content (AvgIpc) is 3.28. The normalized spacial score (nSPS) is 15.1. The van der Waals surface area contributed by atoms with Gasteiger partial charge in [-0.05, 0) is 98.4 Å². The number of aromatic nitrogens is 1. The number of aryl methyl sites for hydroxylation is 3. The molecule has 0 saturated heterocycles. The van der Waals surface area contributed by atoms with Crippen molar-refractivity contribution in [1.82, 2.24) is 4.98 Å². The molecule has 1 aliphatic rings. The fourth-order valence-electron chi connectivity index (χ4n) is 4.80. The highest BCUT2D eigenvalue weighted by Gasteiger charge is 2.17. The minimum absolute atomic E-state index is 0.673. The van der Waals surface area contributed by atoms with Crippen molar-refractivity contribution in [2.75, 3.05) is 19.0 Å². The lowest BCUT2D eigenvalue weighted by atomic mass is 9.84. The summed E-state index contributed by atoms with van der Waals surface area (Å²) in [6, 6.07) is 13.6. The van der Waals surface area contributed by atoms with Gasteiger partial charge in [-0.1, -0.05) is 44.6 Å². The lowest BCUT2D eigenvalue weighted by Crippen LogP contribution is -2.06. The molecule has 3 aromatic rings. The van der Waals surface area contributed by atoms with Crippen LogP contribution in [0.5, 0.6) is 10.8 Å². The van der Waals surface area contributed by atoms with Gasteiger partial charge >= 0.3 is 0 Å². The van der Waals surface area contributed by atoms with Gasteiger partial charge in [-0.3, -0.25) is 0 Å². The molecule has 1 aliphatic carbocycles. The van der Waals surface area contributed by atoms with Crippen molar-refractivity contribution >= 4 is 23.1 Å². The van der Waals surface area contributed by atoms with Crippen molar-refractivity contribution in [3.05, 3.63) is 58.8 Å². The molecule has 0 fully saturated rings. The molecule has 0 spiro atoms. The molecule has 0 radical (unpaired) electrons. The molecule has 0 saturated carbocycles. The molecule has 1 aromatic heterocycles. The second-order valence-electron chi connectivity index (χ2n) is 9.32. The molecule has 4 rings (SSSR count). The molecule has 0 aliphatic heterocycles. The predicted molar refractivity (Wildman–Crippen MR) is 151 cm³/mol. The Bertz CT molecular complexity index is 1110. The van der Waals surface area contributed by atoms with Crippen LogP contribution in [-0.4, -0.2) is 24.0 Å². The molecule has 2 aromatic carbocycles. The second kappa shape index (κ2) is 12.8. The molecule has 35 heavy (non-hydrogen) atoms. The van der Waals surface area contributed by atoms with Crippen LogP contribution < -0.4 is 9.47 Å². The summed E-state index contributed by atoms with van der Waals surface area (Å²) in [7, 11) is 0. The molecule has 5 heteroatoms. The zero-order valence-electron chi connectivity index (χ0n) is 21.7. The van der Waals surface area contributed by atoms with E-state index in [0.717, 1.165) is 65.1 Å².